The Kier molecular flexibility index (Phi) is 15.5. The summed E-state index contributed by atoms with van der Waals surface area (Å²) in [4.78, 5) is 55.0. The van der Waals surface area contributed by atoms with E-state index in [9.17, 15) is 28.0 Å². The van der Waals surface area contributed by atoms with Crippen LogP contribution in [-0.2, 0) is 22.6 Å². The van der Waals surface area contributed by atoms with Crippen LogP contribution in [0.2, 0.25) is 0 Å². The van der Waals surface area contributed by atoms with Crippen molar-refractivity contribution in [1.82, 2.24) is 20.9 Å². The fraction of sp³-hybridized carbons (Fsp3) is 0.436. The molecule has 0 aromatic heterocycles. The summed E-state index contributed by atoms with van der Waals surface area (Å²) < 4.78 is 28.3. The highest BCUT2D eigenvalue weighted by Crippen LogP contribution is 2.17. The number of halogens is 2. The normalized spacial score (nSPS) is 13.5. The first-order chi connectivity index (χ1) is 23.8. The maximum absolute atomic E-state index is 14.1. The Morgan fingerprint density at radius 3 is 1.98 bits per heavy atom. The van der Waals surface area contributed by atoms with E-state index in [0.717, 1.165) is 24.5 Å². The van der Waals surface area contributed by atoms with Crippen molar-refractivity contribution in [2.24, 2.45) is 17.6 Å². The lowest BCUT2D eigenvalue weighted by molar-refractivity contribution is -0.132. The number of carbonyl (C=O) groups excluding carboxylic acids is 4. The molecule has 0 aliphatic rings. The summed E-state index contributed by atoms with van der Waals surface area (Å²) in [6.45, 7) is 10.8. The number of carbonyl (C=O) groups is 4. The molecule has 0 bridgehead atoms. The van der Waals surface area contributed by atoms with Crippen molar-refractivity contribution in [3.05, 3.63) is 107 Å². The zero-order chi connectivity index (χ0) is 36.8. The lowest BCUT2D eigenvalue weighted by atomic mass is 9.91. The maximum atomic E-state index is 14.1. The molecule has 50 heavy (non-hydrogen) atoms. The molecule has 3 aromatic rings. The van der Waals surface area contributed by atoms with E-state index < -0.39 is 47.5 Å². The first-order valence-electron chi connectivity index (χ1n) is 17.4. The second-order valence-electron chi connectivity index (χ2n) is 13.2. The monoisotopic (exact) mass is 691 g/mol. The molecular weight excluding hydrogens is 640 g/mol. The molecule has 4 unspecified atom stereocenters. The smallest absolute Gasteiger partial charge is 0.253 e. The van der Waals surface area contributed by atoms with Gasteiger partial charge in [0, 0.05) is 54.8 Å². The fourth-order valence-electron chi connectivity index (χ4n) is 5.78. The number of hydrogen-bond donors (Lipinski definition) is 4. The standard InChI is InChI=1S/C39H51F2N5O4/c1-6-16-46(17-7-2)39(50)30-15-11-14-29(22-30)37(48)44-34(21-28-19-31(40)23-32(41)20-28)33(42)18-26(5)36(47)45-35(25(3)4)38(49)43-24-27-12-9-8-10-13-27/h8-15,19-20,22-23,25-26,33-35H,6-7,16-18,21,24,42H2,1-5H3,(H,43,49)(H,44,48)(H,45,47). The van der Waals surface area contributed by atoms with Gasteiger partial charge in [0.2, 0.25) is 11.8 Å². The molecule has 11 heteroatoms. The molecule has 3 aromatic carbocycles. The van der Waals surface area contributed by atoms with Gasteiger partial charge in [0.1, 0.15) is 17.7 Å². The van der Waals surface area contributed by atoms with Crippen LogP contribution >= 0.6 is 0 Å². The second kappa shape index (κ2) is 19.5. The molecule has 0 spiro atoms. The fourth-order valence-corrected chi connectivity index (χ4v) is 5.78. The number of nitrogens with two attached hydrogens (primary N) is 1. The summed E-state index contributed by atoms with van der Waals surface area (Å²) in [6, 6.07) is 16.4. The third-order valence-electron chi connectivity index (χ3n) is 8.49. The number of hydrogen-bond acceptors (Lipinski definition) is 5. The van der Waals surface area contributed by atoms with Crippen molar-refractivity contribution in [3.8, 4) is 0 Å². The van der Waals surface area contributed by atoms with Crippen molar-refractivity contribution >= 4 is 23.6 Å². The molecular formula is C39H51F2N5O4. The molecule has 270 valence electrons. The molecule has 4 atom stereocenters. The van der Waals surface area contributed by atoms with Gasteiger partial charge in [-0.3, -0.25) is 19.2 Å². The molecule has 0 aliphatic carbocycles. The van der Waals surface area contributed by atoms with Crippen molar-refractivity contribution < 1.29 is 28.0 Å². The van der Waals surface area contributed by atoms with E-state index in [1.807, 2.05) is 58.0 Å². The van der Waals surface area contributed by atoms with Crippen molar-refractivity contribution in [2.45, 2.75) is 85.0 Å². The largest absolute Gasteiger partial charge is 0.350 e. The zero-order valence-electron chi connectivity index (χ0n) is 29.7. The SMILES string of the molecule is CCCN(CCC)C(=O)c1cccc(C(=O)NC(Cc2cc(F)cc(F)c2)C(N)CC(C)C(=O)NC(C(=O)NCc2ccccc2)C(C)C)c1. The van der Waals surface area contributed by atoms with E-state index in [2.05, 4.69) is 16.0 Å². The van der Waals surface area contributed by atoms with Gasteiger partial charge >= 0.3 is 0 Å². The van der Waals surface area contributed by atoms with E-state index in [1.54, 1.807) is 30.0 Å². The van der Waals surface area contributed by atoms with Crippen molar-refractivity contribution in [2.75, 3.05) is 13.1 Å². The Morgan fingerprint density at radius 1 is 0.760 bits per heavy atom. The first-order valence-corrected chi connectivity index (χ1v) is 17.4. The van der Waals surface area contributed by atoms with E-state index in [-0.39, 0.29) is 41.7 Å². The summed E-state index contributed by atoms with van der Waals surface area (Å²) in [7, 11) is 0. The van der Waals surface area contributed by atoms with Crippen LogP contribution in [0.4, 0.5) is 8.78 Å². The van der Waals surface area contributed by atoms with Gasteiger partial charge in [-0.05, 0) is 73.1 Å². The van der Waals surface area contributed by atoms with Gasteiger partial charge in [-0.25, -0.2) is 8.78 Å². The third-order valence-corrected chi connectivity index (χ3v) is 8.49. The summed E-state index contributed by atoms with van der Waals surface area (Å²) in [5.74, 6) is -3.85. The zero-order valence-corrected chi connectivity index (χ0v) is 29.7. The number of nitrogens with one attached hydrogen (secondary N) is 3. The van der Waals surface area contributed by atoms with E-state index in [4.69, 9.17) is 5.73 Å². The van der Waals surface area contributed by atoms with Crippen LogP contribution in [0.5, 0.6) is 0 Å². The molecule has 0 aliphatic heterocycles. The summed E-state index contributed by atoms with van der Waals surface area (Å²) in [5.41, 5.74) is 8.42. The first kappa shape index (κ1) is 39.8. The van der Waals surface area contributed by atoms with E-state index in [1.165, 1.54) is 18.2 Å². The average Bonchev–Trinajstić information content (AvgIpc) is 3.08. The molecule has 0 fully saturated rings. The van der Waals surface area contributed by atoms with Crippen LogP contribution in [0, 0.1) is 23.5 Å². The Labute approximate surface area is 294 Å². The molecule has 0 radical (unpaired) electrons. The number of benzene rings is 3. The molecule has 0 saturated heterocycles. The Hall–Kier alpha value is -4.64. The number of amides is 4. The second-order valence-corrected chi connectivity index (χ2v) is 13.2. The van der Waals surface area contributed by atoms with Crippen LogP contribution in [0.3, 0.4) is 0 Å². The van der Waals surface area contributed by atoms with Crippen LogP contribution in [0.1, 0.15) is 85.7 Å². The third kappa shape index (κ3) is 12.0. The Morgan fingerprint density at radius 2 is 1.38 bits per heavy atom. The predicted octanol–water partition coefficient (Wildman–Crippen LogP) is 5.38. The Balaban J connectivity index is 1.76. The van der Waals surface area contributed by atoms with Crippen LogP contribution < -0.4 is 21.7 Å². The van der Waals surface area contributed by atoms with Crippen molar-refractivity contribution in [3.63, 3.8) is 0 Å². The van der Waals surface area contributed by atoms with Gasteiger partial charge in [-0.2, -0.15) is 0 Å². The highest BCUT2D eigenvalue weighted by Gasteiger charge is 2.30. The van der Waals surface area contributed by atoms with Gasteiger partial charge < -0.3 is 26.6 Å². The van der Waals surface area contributed by atoms with Gasteiger partial charge in [0.05, 0.1) is 0 Å². The summed E-state index contributed by atoms with van der Waals surface area (Å²) in [6.07, 6.45) is 1.66. The average molecular weight is 692 g/mol. The van der Waals surface area contributed by atoms with Gasteiger partial charge in [-0.15, -0.1) is 0 Å². The van der Waals surface area contributed by atoms with Gasteiger partial charge in [-0.1, -0.05) is 71.0 Å². The molecule has 0 heterocycles. The minimum Gasteiger partial charge on any atom is -0.350 e. The molecule has 5 N–H and O–H groups in total. The molecule has 0 saturated carbocycles. The topological polar surface area (TPSA) is 134 Å². The number of rotatable bonds is 18. The minimum absolute atomic E-state index is 0.0220. The van der Waals surface area contributed by atoms with E-state index >= 15 is 0 Å². The number of nitrogens with zero attached hydrogens (tertiary/aromatic N) is 1. The quantitative estimate of drug-likeness (QED) is 0.142. The maximum Gasteiger partial charge on any atom is 0.253 e. The van der Waals surface area contributed by atoms with Gasteiger partial charge in [0.25, 0.3) is 11.8 Å². The molecule has 3 rings (SSSR count). The van der Waals surface area contributed by atoms with E-state index in [0.29, 0.717) is 25.2 Å². The lowest BCUT2D eigenvalue weighted by Gasteiger charge is -2.29. The molecule has 9 nitrogen and oxygen atoms in total. The lowest BCUT2D eigenvalue weighted by Crippen LogP contribution is -2.53. The highest BCUT2D eigenvalue weighted by atomic mass is 19.1. The van der Waals surface area contributed by atoms with Gasteiger partial charge in [0.15, 0.2) is 0 Å². The summed E-state index contributed by atoms with van der Waals surface area (Å²) >= 11 is 0. The van der Waals surface area contributed by atoms with Crippen LogP contribution in [-0.4, -0.2) is 59.7 Å². The molecule has 4 amide bonds. The predicted molar refractivity (Wildman–Crippen MR) is 191 cm³/mol. The summed E-state index contributed by atoms with van der Waals surface area (Å²) in [5, 5.41) is 8.61. The van der Waals surface area contributed by atoms with Crippen molar-refractivity contribution in [1.29, 1.82) is 0 Å². The van der Waals surface area contributed by atoms with Crippen LogP contribution in [0.15, 0.2) is 72.8 Å². The highest BCUT2D eigenvalue weighted by molar-refractivity contribution is 5.99. The Bertz CT molecular complexity index is 1560. The minimum atomic E-state index is -0.843. The van der Waals surface area contributed by atoms with Crippen LogP contribution in [0.25, 0.3) is 0 Å².